The topological polar surface area (TPSA) is 55.6 Å². The highest BCUT2D eigenvalue weighted by atomic mass is 15.1. The fourth-order valence-electron chi connectivity index (χ4n) is 2.62. The minimum absolute atomic E-state index is 0.781. The molecule has 0 unspecified atom stereocenters. The summed E-state index contributed by atoms with van der Waals surface area (Å²) in [5.41, 5.74) is 3.52. The Hall–Kier alpha value is -1.75. The van der Waals surface area contributed by atoms with Crippen LogP contribution in [0.4, 0.5) is 0 Å². The van der Waals surface area contributed by atoms with Crippen molar-refractivity contribution in [3.05, 3.63) is 35.8 Å². The lowest BCUT2D eigenvalue weighted by molar-refractivity contribution is 0.650. The predicted octanol–water partition coefficient (Wildman–Crippen LogP) is 2.04. The highest BCUT2D eigenvalue weighted by molar-refractivity contribution is 5.28. The maximum atomic E-state index is 4.53. The van der Waals surface area contributed by atoms with Crippen molar-refractivity contribution < 1.29 is 0 Å². The number of aromatic nitrogens is 4. The number of hydrogen-bond donors (Lipinski definition) is 1. The van der Waals surface area contributed by atoms with E-state index in [4.69, 9.17) is 0 Å². The van der Waals surface area contributed by atoms with E-state index in [0.717, 1.165) is 43.9 Å². The van der Waals surface area contributed by atoms with Gasteiger partial charge in [-0.15, -0.1) is 0 Å². The Morgan fingerprint density at radius 2 is 2.05 bits per heavy atom. The van der Waals surface area contributed by atoms with Gasteiger partial charge in [0.25, 0.3) is 0 Å². The van der Waals surface area contributed by atoms with Gasteiger partial charge in [-0.25, -0.2) is 9.97 Å². The molecule has 0 saturated heterocycles. The summed E-state index contributed by atoms with van der Waals surface area (Å²) in [6.45, 7) is 3.95. The molecule has 0 fully saturated rings. The highest BCUT2D eigenvalue weighted by Gasteiger charge is 2.16. The third-order valence-electron chi connectivity index (χ3n) is 3.70. The summed E-state index contributed by atoms with van der Waals surface area (Å²) in [5, 5.41) is 3.33. The second-order valence-electron chi connectivity index (χ2n) is 5.26. The molecule has 0 aromatic carbocycles. The number of fused-ring (bicyclic) bond motifs is 1. The van der Waals surface area contributed by atoms with E-state index in [9.17, 15) is 0 Å². The molecule has 0 radical (unpaired) electrons. The van der Waals surface area contributed by atoms with E-state index in [2.05, 4.69) is 31.8 Å². The molecule has 2 aromatic heterocycles. The van der Waals surface area contributed by atoms with Crippen molar-refractivity contribution in [1.29, 1.82) is 0 Å². The van der Waals surface area contributed by atoms with E-state index in [1.54, 1.807) is 0 Å². The minimum Gasteiger partial charge on any atom is -0.311 e. The smallest absolute Gasteiger partial charge is 0.156 e. The van der Waals surface area contributed by atoms with Crippen molar-refractivity contribution in [2.75, 3.05) is 6.54 Å². The van der Waals surface area contributed by atoms with Crippen molar-refractivity contribution >= 4 is 0 Å². The van der Waals surface area contributed by atoms with Gasteiger partial charge < -0.3 is 5.32 Å². The Balaban J connectivity index is 1.76. The second-order valence-corrected chi connectivity index (χ2v) is 5.26. The number of aryl methyl sites for hydroxylation is 1. The largest absolute Gasteiger partial charge is 0.311 e. The molecule has 0 amide bonds. The second kappa shape index (κ2) is 6.13. The van der Waals surface area contributed by atoms with Crippen LogP contribution in [0, 0.1) is 0 Å². The molecule has 0 aliphatic heterocycles. The molecule has 1 aliphatic carbocycles. The summed E-state index contributed by atoms with van der Waals surface area (Å²) in [7, 11) is 0. The summed E-state index contributed by atoms with van der Waals surface area (Å²) in [6, 6.07) is 0. The van der Waals surface area contributed by atoms with Gasteiger partial charge in [-0.2, -0.15) is 0 Å². The first-order chi connectivity index (χ1) is 9.88. The van der Waals surface area contributed by atoms with E-state index in [1.807, 2.05) is 18.7 Å². The Kier molecular flexibility index (Phi) is 4.06. The fourth-order valence-corrected chi connectivity index (χ4v) is 2.62. The van der Waals surface area contributed by atoms with E-state index >= 15 is 0 Å². The van der Waals surface area contributed by atoms with Crippen LogP contribution in [0.25, 0.3) is 5.82 Å². The molecule has 1 aliphatic rings. The van der Waals surface area contributed by atoms with E-state index in [1.165, 1.54) is 24.2 Å². The van der Waals surface area contributed by atoms with Crippen molar-refractivity contribution in [3.8, 4) is 5.82 Å². The molecule has 0 atom stereocenters. The zero-order chi connectivity index (χ0) is 13.8. The molecule has 1 N–H and O–H groups in total. The highest BCUT2D eigenvalue weighted by Crippen LogP contribution is 2.21. The summed E-state index contributed by atoms with van der Waals surface area (Å²) in [5.74, 6) is 0.875. The van der Waals surface area contributed by atoms with Crippen LogP contribution in [-0.2, 0) is 19.4 Å². The van der Waals surface area contributed by atoms with Crippen molar-refractivity contribution in [1.82, 2.24) is 24.8 Å². The van der Waals surface area contributed by atoms with E-state index < -0.39 is 0 Å². The maximum absolute atomic E-state index is 4.53. The van der Waals surface area contributed by atoms with Gasteiger partial charge in [-0.05, 0) is 38.6 Å². The third kappa shape index (κ3) is 2.72. The predicted molar refractivity (Wildman–Crippen MR) is 77.8 cm³/mol. The Morgan fingerprint density at radius 1 is 1.15 bits per heavy atom. The van der Waals surface area contributed by atoms with Gasteiger partial charge in [-0.3, -0.25) is 9.55 Å². The summed E-state index contributed by atoms with van der Waals surface area (Å²) >= 11 is 0. The van der Waals surface area contributed by atoms with Gasteiger partial charge >= 0.3 is 0 Å². The van der Waals surface area contributed by atoms with Crippen LogP contribution in [0.15, 0.2) is 18.7 Å². The lowest BCUT2D eigenvalue weighted by atomic mass is 10.0. The van der Waals surface area contributed by atoms with Crippen LogP contribution < -0.4 is 5.32 Å². The van der Waals surface area contributed by atoms with Crippen LogP contribution in [0.5, 0.6) is 0 Å². The fraction of sp³-hybridized carbons (Fsp3) is 0.533. The normalized spacial score (nSPS) is 14.2. The Bertz CT molecular complexity index is 558. The van der Waals surface area contributed by atoms with Gasteiger partial charge in [0.1, 0.15) is 6.33 Å². The molecule has 20 heavy (non-hydrogen) atoms. The molecule has 0 saturated carbocycles. The molecule has 2 aromatic rings. The average molecular weight is 271 g/mol. The molecule has 0 spiro atoms. The zero-order valence-corrected chi connectivity index (χ0v) is 12.0. The number of imidazole rings is 1. The van der Waals surface area contributed by atoms with Gasteiger partial charge in [0, 0.05) is 12.2 Å². The van der Waals surface area contributed by atoms with E-state index in [-0.39, 0.29) is 0 Å². The SMILES string of the molecule is CCCNCc1cnc(-n2cnc3c2CCCC3)cn1. The number of nitrogens with one attached hydrogen (secondary N) is 1. The van der Waals surface area contributed by atoms with Gasteiger partial charge in [-0.1, -0.05) is 6.92 Å². The molecular weight excluding hydrogens is 250 g/mol. The molecule has 5 heteroatoms. The Labute approximate surface area is 119 Å². The van der Waals surface area contributed by atoms with Gasteiger partial charge in [0.15, 0.2) is 5.82 Å². The first-order valence-electron chi connectivity index (χ1n) is 7.45. The molecular formula is C15H21N5. The first-order valence-corrected chi connectivity index (χ1v) is 7.45. The summed E-state index contributed by atoms with van der Waals surface area (Å²) in [6.07, 6.45) is 11.4. The first kappa shape index (κ1) is 13.2. The number of nitrogens with zero attached hydrogens (tertiary/aromatic N) is 4. The third-order valence-corrected chi connectivity index (χ3v) is 3.70. The molecule has 2 heterocycles. The summed E-state index contributed by atoms with van der Waals surface area (Å²) in [4.78, 5) is 13.5. The van der Waals surface area contributed by atoms with Gasteiger partial charge in [0.05, 0.1) is 23.8 Å². The van der Waals surface area contributed by atoms with E-state index in [0.29, 0.717) is 0 Å². The maximum Gasteiger partial charge on any atom is 0.156 e. The lowest BCUT2D eigenvalue weighted by Crippen LogP contribution is -2.15. The zero-order valence-electron chi connectivity index (χ0n) is 12.0. The van der Waals surface area contributed by atoms with Crippen molar-refractivity contribution in [2.45, 2.75) is 45.6 Å². The van der Waals surface area contributed by atoms with Gasteiger partial charge in [0.2, 0.25) is 0 Å². The number of hydrogen-bond acceptors (Lipinski definition) is 4. The molecule has 5 nitrogen and oxygen atoms in total. The summed E-state index contributed by atoms with van der Waals surface area (Å²) < 4.78 is 2.09. The van der Waals surface area contributed by atoms with Crippen LogP contribution in [-0.4, -0.2) is 26.1 Å². The van der Waals surface area contributed by atoms with Crippen LogP contribution in [0.1, 0.15) is 43.3 Å². The van der Waals surface area contributed by atoms with Crippen LogP contribution in [0.3, 0.4) is 0 Å². The lowest BCUT2D eigenvalue weighted by Gasteiger charge is -2.13. The Morgan fingerprint density at radius 3 is 2.85 bits per heavy atom. The average Bonchev–Trinajstić information content (AvgIpc) is 2.92. The van der Waals surface area contributed by atoms with Crippen LogP contribution >= 0.6 is 0 Å². The molecule has 3 rings (SSSR count). The minimum atomic E-state index is 0.781. The quantitative estimate of drug-likeness (QED) is 0.846. The van der Waals surface area contributed by atoms with Crippen molar-refractivity contribution in [2.24, 2.45) is 0 Å². The molecule has 106 valence electrons. The number of rotatable bonds is 5. The van der Waals surface area contributed by atoms with Crippen molar-refractivity contribution in [3.63, 3.8) is 0 Å². The monoisotopic (exact) mass is 271 g/mol. The van der Waals surface area contributed by atoms with Crippen LogP contribution in [0.2, 0.25) is 0 Å². The molecule has 0 bridgehead atoms. The standard InChI is InChI=1S/C15H21N5/c1-2-7-16-8-12-9-18-15(10-17-12)20-11-19-13-5-3-4-6-14(13)20/h9-11,16H,2-8H2,1H3.